The maximum absolute atomic E-state index is 6.19. The lowest BCUT2D eigenvalue weighted by molar-refractivity contribution is -0.148. The quantitative estimate of drug-likeness (QED) is 0.0433. The maximum atomic E-state index is 6.19. The zero-order chi connectivity index (χ0) is 29.0. The molecule has 0 aromatic rings. The standard InChI is InChI=1S/C36H72O4/c1-4-7-10-12-23-28-33-39-36(40-34-29-24-13-11-8-5-2)30-25-21-19-17-15-14-16-18-20-22-27-32-38-35-37-31-26-9-6-3/h27,32,36H,4-26,28-31,33-35H2,1-3H3. The van der Waals surface area contributed by atoms with E-state index in [1.54, 1.807) is 0 Å². The number of ether oxygens (including phenoxy) is 4. The van der Waals surface area contributed by atoms with Gasteiger partial charge in [0.2, 0.25) is 0 Å². The van der Waals surface area contributed by atoms with Crippen LogP contribution in [-0.2, 0) is 18.9 Å². The molecular formula is C36H72O4. The topological polar surface area (TPSA) is 36.9 Å². The van der Waals surface area contributed by atoms with Gasteiger partial charge in [0, 0.05) is 13.2 Å². The average molecular weight is 569 g/mol. The number of hydrogen-bond donors (Lipinski definition) is 0. The first-order chi connectivity index (χ1) is 19.8. The van der Waals surface area contributed by atoms with Gasteiger partial charge in [-0.2, -0.15) is 0 Å². The van der Waals surface area contributed by atoms with Gasteiger partial charge in [-0.05, 0) is 51.0 Å². The Bertz CT molecular complexity index is 450. The Hall–Kier alpha value is -0.580. The fourth-order valence-corrected chi connectivity index (χ4v) is 4.96. The minimum atomic E-state index is 0.0176. The minimum absolute atomic E-state index is 0.0176. The van der Waals surface area contributed by atoms with Crippen LogP contribution in [0.4, 0.5) is 0 Å². The first-order valence-electron chi connectivity index (χ1n) is 17.9. The monoisotopic (exact) mass is 569 g/mol. The van der Waals surface area contributed by atoms with Crippen molar-refractivity contribution >= 4 is 0 Å². The molecule has 4 nitrogen and oxygen atoms in total. The van der Waals surface area contributed by atoms with Crippen molar-refractivity contribution in [2.24, 2.45) is 0 Å². The van der Waals surface area contributed by atoms with Crippen LogP contribution in [0.1, 0.15) is 188 Å². The van der Waals surface area contributed by atoms with E-state index in [4.69, 9.17) is 18.9 Å². The van der Waals surface area contributed by atoms with Crippen molar-refractivity contribution < 1.29 is 18.9 Å². The van der Waals surface area contributed by atoms with Crippen LogP contribution in [0.15, 0.2) is 12.3 Å². The second-order valence-corrected chi connectivity index (χ2v) is 11.7. The van der Waals surface area contributed by atoms with Gasteiger partial charge in [-0.1, -0.05) is 143 Å². The highest BCUT2D eigenvalue weighted by Gasteiger charge is 2.09. The van der Waals surface area contributed by atoms with Gasteiger partial charge in [-0.25, -0.2) is 0 Å². The van der Waals surface area contributed by atoms with Gasteiger partial charge in [-0.3, -0.25) is 0 Å². The Morgan fingerprint density at radius 2 is 0.875 bits per heavy atom. The van der Waals surface area contributed by atoms with E-state index in [1.807, 2.05) is 6.26 Å². The van der Waals surface area contributed by atoms with E-state index in [0.717, 1.165) is 39.1 Å². The summed E-state index contributed by atoms with van der Waals surface area (Å²) in [5, 5.41) is 0. The van der Waals surface area contributed by atoms with Crippen molar-refractivity contribution in [3.8, 4) is 0 Å². The summed E-state index contributed by atoms with van der Waals surface area (Å²) < 4.78 is 23.2. The van der Waals surface area contributed by atoms with E-state index in [2.05, 4.69) is 26.8 Å². The smallest absolute Gasteiger partial charge is 0.188 e. The van der Waals surface area contributed by atoms with Gasteiger partial charge in [0.15, 0.2) is 13.1 Å². The van der Waals surface area contributed by atoms with Crippen LogP contribution in [0.5, 0.6) is 0 Å². The molecule has 0 atom stereocenters. The molecule has 240 valence electrons. The van der Waals surface area contributed by atoms with E-state index in [9.17, 15) is 0 Å². The molecule has 0 aromatic heterocycles. The molecule has 0 aliphatic rings. The fourth-order valence-electron chi connectivity index (χ4n) is 4.96. The van der Waals surface area contributed by atoms with Crippen molar-refractivity contribution in [3.05, 3.63) is 12.3 Å². The second kappa shape index (κ2) is 36.4. The molecule has 0 aliphatic heterocycles. The average Bonchev–Trinajstić information content (AvgIpc) is 2.97. The zero-order valence-electron chi connectivity index (χ0n) is 27.6. The highest BCUT2D eigenvalue weighted by Crippen LogP contribution is 2.15. The van der Waals surface area contributed by atoms with Gasteiger partial charge in [-0.15, -0.1) is 0 Å². The molecular weight excluding hydrogens is 496 g/mol. The number of unbranched alkanes of at least 4 members (excludes halogenated alkanes) is 21. The Morgan fingerprint density at radius 1 is 0.450 bits per heavy atom. The second-order valence-electron chi connectivity index (χ2n) is 11.7. The van der Waals surface area contributed by atoms with Gasteiger partial charge < -0.3 is 18.9 Å². The molecule has 0 fully saturated rings. The van der Waals surface area contributed by atoms with Crippen LogP contribution < -0.4 is 0 Å². The Labute approximate surface area is 251 Å². The lowest BCUT2D eigenvalue weighted by Crippen LogP contribution is -2.19. The lowest BCUT2D eigenvalue weighted by Gasteiger charge is -2.19. The van der Waals surface area contributed by atoms with Crippen LogP contribution in [0.2, 0.25) is 0 Å². The number of allylic oxidation sites excluding steroid dienone is 1. The summed E-state index contributed by atoms with van der Waals surface area (Å²) in [6, 6.07) is 0. The summed E-state index contributed by atoms with van der Waals surface area (Å²) in [7, 11) is 0. The van der Waals surface area contributed by atoms with Crippen molar-refractivity contribution in [2.45, 2.75) is 194 Å². The van der Waals surface area contributed by atoms with Gasteiger partial charge in [0.05, 0.1) is 12.9 Å². The third-order valence-electron chi connectivity index (χ3n) is 7.65. The molecule has 0 rings (SSSR count). The molecule has 0 aliphatic carbocycles. The largest absolute Gasteiger partial charge is 0.475 e. The molecule has 0 aromatic carbocycles. The van der Waals surface area contributed by atoms with Gasteiger partial charge >= 0.3 is 0 Å². The molecule has 0 radical (unpaired) electrons. The molecule has 0 unspecified atom stereocenters. The van der Waals surface area contributed by atoms with Gasteiger partial charge in [0.25, 0.3) is 0 Å². The van der Waals surface area contributed by atoms with E-state index in [0.29, 0.717) is 6.79 Å². The molecule has 0 amide bonds. The summed E-state index contributed by atoms with van der Waals surface area (Å²) >= 11 is 0. The third-order valence-corrected chi connectivity index (χ3v) is 7.65. The Morgan fingerprint density at radius 3 is 1.43 bits per heavy atom. The van der Waals surface area contributed by atoms with Crippen molar-refractivity contribution in [3.63, 3.8) is 0 Å². The highest BCUT2D eigenvalue weighted by atomic mass is 16.7. The molecule has 0 heterocycles. The normalized spacial score (nSPS) is 11.8. The van der Waals surface area contributed by atoms with E-state index >= 15 is 0 Å². The molecule has 40 heavy (non-hydrogen) atoms. The highest BCUT2D eigenvalue weighted by molar-refractivity contribution is 4.72. The molecule has 0 saturated heterocycles. The lowest BCUT2D eigenvalue weighted by atomic mass is 10.1. The molecule has 0 N–H and O–H groups in total. The predicted molar refractivity (Wildman–Crippen MR) is 174 cm³/mol. The first-order valence-corrected chi connectivity index (χ1v) is 17.9. The van der Waals surface area contributed by atoms with Crippen LogP contribution in [0, 0.1) is 0 Å². The first kappa shape index (κ1) is 39.4. The van der Waals surface area contributed by atoms with Crippen molar-refractivity contribution in [2.75, 3.05) is 26.6 Å². The van der Waals surface area contributed by atoms with Crippen LogP contribution >= 0.6 is 0 Å². The number of rotatable bonds is 35. The summed E-state index contributed by atoms with van der Waals surface area (Å²) in [5.41, 5.74) is 0. The van der Waals surface area contributed by atoms with E-state index in [-0.39, 0.29) is 6.29 Å². The maximum Gasteiger partial charge on any atom is 0.188 e. The predicted octanol–water partition coefficient (Wildman–Crippen LogP) is 12.1. The SMILES string of the molecule is CCCCCCCCOC(CCCCCCCCCCCC=COCOCCCCC)OCCCCCCCC. The Kier molecular flexibility index (Phi) is 35.9. The van der Waals surface area contributed by atoms with Crippen LogP contribution in [0.25, 0.3) is 0 Å². The summed E-state index contributed by atoms with van der Waals surface area (Å²) in [5.74, 6) is 0. The molecule has 0 spiro atoms. The van der Waals surface area contributed by atoms with E-state index < -0.39 is 0 Å². The fraction of sp³-hybridized carbons (Fsp3) is 0.944. The van der Waals surface area contributed by atoms with Crippen LogP contribution in [-0.4, -0.2) is 32.9 Å². The molecule has 0 saturated carbocycles. The van der Waals surface area contributed by atoms with Crippen molar-refractivity contribution in [1.29, 1.82) is 0 Å². The minimum Gasteiger partial charge on any atom is -0.475 e. The molecule has 4 heteroatoms. The van der Waals surface area contributed by atoms with Crippen molar-refractivity contribution in [1.82, 2.24) is 0 Å². The van der Waals surface area contributed by atoms with E-state index in [1.165, 1.54) is 148 Å². The van der Waals surface area contributed by atoms with Gasteiger partial charge in [0.1, 0.15) is 0 Å². The number of hydrogen-bond acceptors (Lipinski definition) is 4. The van der Waals surface area contributed by atoms with Crippen LogP contribution in [0.3, 0.4) is 0 Å². The third kappa shape index (κ3) is 33.6. The molecule has 0 bridgehead atoms. The summed E-state index contributed by atoms with van der Waals surface area (Å²) in [6.45, 7) is 9.69. The summed E-state index contributed by atoms with van der Waals surface area (Å²) in [4.78, 5) is 0. The zero-order valence-corrected chi connectivity index (χ0v) is 27.6. The summed E-state index contributed by atoms with van der Waals surface area (Å²) in [6.07, 6.45) is 37.4. The Balaban J connectivity index is 3.68.